The van der Waals surface area contributed by atoms with Crippen LogP contribution in [0, 0.1) is 5.41 Å². The number of carboxylic acids is 1. The van der Waals surface area contributed by atoms with Crippen LogP contribution in [-0.2, 0) is 0 Å². The van der Waals surface area contributed by atoms with Crippen molar-refractivity contribution < 1.29 is 14.3 Å². The van der Waals surface area contributed by atoms with E-state index in [-0.39, 0.29) is 5.56 Å². The second kappa shape index (κ2) is 8.81. The summed E-state index contributed by atoms with van der Waals surface area (Å²) < 4.78 is 6.15. The van der Waals surface area contributed by atoms with Crippen LogP contribution in [0.4, 0.5) is 5.69 Å². The van der Waals surface area contributed by atoms with Crippen LogP contribution < -0.4 is 11.1 Å². The molecule has 0 bridgehead atoms. The summed E-state index contributed by atoms with van der Waals surface area (Å²) in [7, 11) is 0. The number of hydrogen-bond donors (Lipinski definition) is 3. The molecule has 5 nitrogen and oxygen atoms in total. The third-order valence-corrected chi connectivity index (χ3v) is 6.56. The van der Waals surface area contributed by atoms with Crippen LogP contribution in [0.15, 0.2) is 114 Å². The topological polar surface area (TPSA) is 100 Å². The van der Waals surface area contributed by atoms with Gasteiger partial charge >= 0.3 is 5.97 Å². The lowest BCUT2D eigenvalue weighted by atomic mass is 9.84. The van der Waals surface area contributed by atoms with Crippen molar-refractivity contribution in [2.45, 2.75) is 0 Å². The van der Waals surface area contributed by atoms with Crippen LogP contribution in [0.25, 0.3) is 55.7 Å². The molecule has 4 aromatic carbocycles. The number of anilines is 1. The number of nitrogen functional groups attached to an aromatic ring is 1. The van der Waals surface area contributed by atoms with Gasteiger partial charge in [-0.25, -0.2) is 4.79 Å². The highest BCUT2D eigenvalue weighted by molar-refractivity contribution is 6.11. The Labute approximate surface area is 212 Å². The average molecular weight is 483 g/mol. The summed E-state index contributed by atoms with van der Waals surface area (Å²) >= 11 is 0. The molecule has 5 heteroatoms. The monoisotopic (exact) mass is 482 g/mol. The third-order valence-electron chi connectivity index (χ3n) is 6.56. The first-order valence-corrected chi connectivity index (χ1v) is 11.8. The van der Waals surface area contributed by atoms with Gasteiger partial charge in [0.2, 0.25) is 0 Å². The maximum Gasteiger partial charge on any atom is 0.336 e. The van der Waals surface area contributed by atoms with E-state index in [9.17, 15) is 9.90 Å². The van der Waals surface area contributed by atoms with Crippen molar-refractivity contribution in [1.82, 2.24) is 0 Å². The Morgan fingerprint density at radius 1 is 0.703 bits per heavy atom. The van der Waals surface area contributed by atoms with E-state index in [1.165, 1.54) is 0 Å². The van der Waals surface area contributed by atoms with E-state index in [1.54, 1.807) is 24.3 Å². The fraction of sp³-hybridized carbons (Fsp3) is 0. The maximum absolute atomic E-state index is 12.9. The Morgan fingerprint density at radius 2 is 1.38 bits per heavy atom. The summed E-state index contributed by atoms with van der Waals surface area (Å²) in [6.07, 6.45) is 0. The van der Waals surface area contributed by atoms with Gasteiger partial charge in [-0.2, -0.15) is 0 Å². The summed E-state index contributed by atoms with van der Waals surface area (Å²) in [5.41, 5.74) is 12.7. The minimum absolute atomic E-state index is 0.200. The average Bonchev–Trinajstić information content (AvgIpc) is 2.91. The van der Waals surface area contributed by atoms with Crippen LogP contribution >= 0.6 is 0 Å². The molecule has 1 aliphatic carbocycles. The Morgan fingerprint density at radius 3 is 2.08 bits per heavy atom. The van der Waals surface area contributed by atoms with Gasteiger partial charge in [-0.05, 0) is 64.2 Å². The molecule has 0 amide bonds. The summed E-state index contributed by atoms with van der Waals surface area (Å²) in [6, 6.07) is 33.9. The lowest BCUT2D eigenvalue weighted by molar-refractivity contribution is 0.0698. The van der Waals surface area contributed by atoms with E-state index in [2.05, 4.69) is 0 Å². The molecule has 6 rings (SSSR count). The van der Waals surface area contributed by atoms with Crippen LogP contribution in [0.2, 0.25) is 0 Å². The molecule has 0 aromatic heterocycles. The Hall–Kier alpha value is -5.16. The third kappa shape index (κ3) is 3.93. The van der Waals surface area contributed by atoms with Crippen LogP contribution in [0.5, 0.6) is 0 Å². The van der Waals surface area contributed by atoms with E-state index < -0.39 is 5.97 Å². The second-order valence-corrected chi connectivity index (χ2v) is 8.93. The lowest BCUT2D eigenvalue weighted by Gasteiger charge is -2.20. The highest BCUT2D eigenvalue weighted by Gasteiger charge is 2.25. The minimum atomic E-state index is -1.02. The summed E-state index contributed by atoms with van der Waals surface area (Å²) in [4.78, 5) is 12.9. The zero-order valence-corrected chi connectivity index (χ0v) is 19.7. The molecule has 2 aliphatic rings. The Balaban J connectivity index is 1.81. The fourth-order valence-corrected chi connectivity index (χ4v) is 4.91. The first-order valence-electron chi connectivity index (χ1n) is 11.8. The van der Waals surface area contributed by atoms with E-state index in [4.69, 9.17) is 15.6 Å². The van der Waals surface area contributed by atoms with Gasteiger partial charge in [0.05, 0.1) is 10.9 Å². The molecule has 0 fully saturated rings. The molecule has 0 atom stereocenters. The number of hydrogen-bond acceptors (Lipinski definition) is 4. The number of benzene rings is 5. The molecule has 4 N–H and O–H groups in total. The molecule has 178 valence electrons. The number of rotatable bonds is 4. The molecule has 0 saturated heterocycles. The van der Waals surface area contributed by atoms with Gasteiger partial charge in [-0.1, -0.05) is 60.7 Å². The maximum atomic E-state index is 12.9. The molecule has 1 heterocycles. The highest BCUT2D eigenvalue weighted by Crippen LogP contribution is 2.45. The van der Waals surface area contributed by atoms with Crippen molar-refractivity contribution in [3.8, 4) is 44.7 Å². The molecule has 1 aliphatic heterocycles. The molecule has 0 saturated carbocycles. The number of fused-ring (bicyclic) bond motifs is 2. The van der Waals surface area contributed by atoms with Crippen molar-refractivity contribution in [3.63, 3.8) is 0 Å². The molecule has 0 unspecified atom stereocenters. The van der Waals surface area contributed by atoms with E-state index in [0.717, 1.165) is 33.2 Å². The number of carboxylic acid groups (broad SMARTS) is 1. The summed E-state index contributed by atoms with van der Waals surface area (Å²) in [5.74, 6) is -0.536. The van der Waals surface area contributed by atoms with Gasteiger partial charge in [-0.15, -0.1) is 0 Å². The molecular formula is C32H22N2O3. The number of nitrogens with two attached hydrogens (primary N) is 1. The Bertz CT molecular complexity index is 1820. The van der Waals surface area contributed by atoms with Crippen molar-refractivity contribution in [3.05, 3.63) is 120 Å². The number of carbonyl (C=O) groups is 1. The summed E-state index contributed by atoms with van der Waals surface area (Å²) in [6.45, 7) is 0. The van der Waals surface area contributed by atoms with Gasteiger partial charge in [0.15, 0.2) is 0 Å². The van der Waals surface area contributed by atoms with E-state index in [1.807, 2.05) is 84.9 Å². The quantitative estimate of drug-likeness (QED) is 0.181. The first-order chi connectivity index (χ1) is 18.0. The normalized spacial score (nSPS) is 11.1. The predicted octanol–water partition coefficient (Wildman–Crippen LogP) is 7.30. The van der Waals surface area contributed by atoms with Gasteiger partial charge < -0.3 is 20.7 Å². The van der Waals surface area contributed by atoms with Gasteiger partial charge in [0.25, 0.3) is 0 Å². The van der Waals surface area contributed by atoms with Crippen molar-refractivity contribution in [1.29, 1.82) is 5.41 Å². The molecule has 4 aromatic rings. The second-order valence-electron chi connectivity index (χ2n) is 8.93. The summed E-state index contributed by atoms with van der Waals surface area (Å²) in [5, 5.41) is 19.8. The largest absolute Gasteiger partial charge is 0.478 e. The van der Waals surface area contributed by atoms with Crippen molar-refractivity contribution >= 4 is 22.6 Å². The smallest absolute Gasteiger partial charge is 0.336 e. The van der Waals surface area contributed by atoms with Crippen molar-refractivity contribution in [2.75, 3.05) is 5.73 Å². The van der Waals surface area contributed by atoms with E-state index in [0.29, 0.717) is 33.5 Å². The molecule has 0 spiro atoms. The fourth-order valence-electron chi connectivity index (χ4n) is 4.91. The molecule has 0 radical (unpaired) electrons. The van der Waals surface area contributed by atoms with E-state index >= 15 is 0 Å². The van der Waals surface area contributed by atoms with Crippen LogP contribution in [0.1, 0.15) is 10.4 Å². The molecule has 37 heavy (non-hydrogen) atoms. The molecular weight excluding hydrogens is 460 g/mol. The van der Waals surface area contributed by atoms with Crippen molar-refractivity contribution in [2.24, 2.45) is 0 Å². The minimum Gasteiger partial charge on any atom is -0.478 e. The predicted molar refractivity (Wildman–Crippen MR) is 146 cm³/mol. The zero-order valence-electron chi connectivity index (χ0n) is 19.7. The van der Waals surface area contributed by atoms with Gasteiger partial charge in [0, 0.05) is 34.3 Å². The standard InChI is InChI=1S/C32H22N2O3/c33-22-11-13-24-28(17-22)37-29-18-23(34)12-14-25(29)30(24)27-16-21(19-7-3-1-4-8-19)15-26(31(27)32(35)36)20-9-5-2-6-10-20/h1-18,33H,34H2,(H,35,36). The van der Waals surface area contributed by atoms with Crippen LogP contribution in [-0.4, -0.2) is 11.1 Å². The lowest BCUT2D eigenvalue weighted by Crippen LogP contribution is -2.06. The number of nitrogens with one attached hydrogen (secondary N) is 1. The van der Waals surface area contributed by atoms with Gasteiger partial charge in [0.1, 0.15) is 11.3 Å². The zero-order chi connectivity index (χ0) is 25.5. The number of aromatic carboxylic acids is 1. The highest BCUT2D eigenvalue weighted by atomic mass is 16.4. The first kappa shape index (κ1) is 22.3. The SMILES string of the molecule is N=c1ccc2c(-c3cc(-c4ccccc4)cc(-c4ccccc4)c3C(=O)O)c3ccc(N)cc3oc-2c1. The van der Waals surface area contributed by atoms with Crippen LogP contribution in [0.3, 0.4) is 0 Å². The van der Waals surface area contributed by atoms with Gasteiger partial charge in [-0.3, -0.25) is 0 Å². The Kier molecular flexibility index (Phi) is 5.31.